The quantitative estimate of drug-likeness (QED) is 0.624. The lowest BCUT2D eigenvalue weighted by Crippen LogP contribution is -2.34. The Morgan fingerprint density at radius 2 is 2.00 bits per heavy atom. The van der Waals surface area contributed by atoms with Crippen LogP contribution in [0.4, 0.5) is 0 Å². The van der Waals surface area contributed by atoms with Gasteiger partial charge in [0.15, 0.2) is 5.96 Å². The Balaban J connectivity index is 1.99. The van der Waals surface area contributed by atoms with Crippen LogP contribution in [0.5, 0.6) is 0 Å². The summed E-state index contributed by atoms with van der Waals surface area (Å²) in [6.07, 6.45) is 6.14. The lowest BCUT2D eigenvalue weighted by atomic mass is 10.1. The molecule has 0 saturated heterocycles. The van der Waals surface area contributed by atoms with Gasteiger partial charge in [-0.05, 0) is 31.4 Å². The highest BCUT2D eigenvalue weighted by Crippen LogP contribution is 2.45. The molecule has 1 saturated carbocycles. The van der Waals surface area contributed by atoms with Crippen LogP contribution < -0.4 is 11.1 Å². The van der Waals surface area contributed by atoms with Crippen LogP contribution in [0.15, 0.2) is 40.2 Å². The molecule has 20 heavy (non-hydrogen) atoms. The third-order valence-corrected chi connectivity index (χ3v) is 5.16. The molecule has 0 radical (unpaired) electrons. The summed E-state index contributed by atoms with van der Waals surface area (Å²) < 4.78 is 0.236. The zero-order valence-electron chi connectivity index (χ0n) is 12.3. The largest absolute Gasteiger partial charge is 0.370 e. The summed E-state index contributed by atoms with van der Waals surface area (Å²) in [5, 5.41) is 3.16. The van der Waals surface area contributed by atoms with Crippen molar-refractivity contribution in [1.29, 1.82) is 0 Å². The van der Waals surface area contributed by atoms with Crippen LogP contribution in [0.3, 0.4) is 0 Å². The number of nitrogens with two attached hydrogens (primary N) is 1. The maximum absolute atomic E-state index is 5.92. The highest BCUT2D eigenvalue weighted by molar-refractivity contribution is 8.00. The number of hydrogen-bond acceptors (Lipinski definition) is 2. The molecule has 1 aromatic rings. The van der Waals surface area contributed by atoms with Crippen LogP contribution in [0, 0.1) is 0 Å². The van der Waals surface area contributed by atoms with Crippen molar-refractivity contribution in [3.63, 3.8) is 0 Å². The second-order valence-electron chi connectivity index (χ2n) is 5.43. The molecule has 0 unspecified atom stereocenters. The van der Waals surface area contributed by atoms with Crippen LogP contribution >= 0.6 is 11.8 Å². The summed E-state index contributed by atoms with van der Waals surface area (Å²) in [6.45, 7) is 3.84. The summed E-state index contributed by atoms with van der Waals surface area (Å²) in [6, 6.07) is 10.6. The Morgan fingerprint density at radius 1 is 1.30 bits per heavy atom. The molecule has 0 spiro atoms. The summed E-state index contributed by atoms with van der Waals surface area (Å²) in [5.74, 6) is 0.590. The molecule has 0 aliphatic heterocycles. The molecule has 0 aromatic heterocycles. The third kappa shape index (κ3) is 4.44. The van der Waals surface area contributed by atoms with Gasteiger partial charge in [-0.3, -0.25) is 4.99 Å². The highest BCUT2D eigenvalue weighted by Gasteiger charge is 2.34. The summed E-state index contributed by atoms with van der Waals surface area (Å²) >= 11 is 1.97. The second kappa shape index (κ2) is 7.58. The predicted octanol–water partition coefficient (Wildman–Crippen LogP) is 3.41. The van der Waals surface area contributed by atoms with E-state index in [4.69, 9.17) is 5.73 Å². The Hall–Kier alpha value is -1.16. The molecular formula is C16H25N3S. The first-order chi connectivity index (χ1) is 9.74. The van der Waals surface area contributed by atoms with Crippen molar-refractivity contribution in [1.82, 2.24) is 5.32 Å². The van der Waals surface area contributed by atoms with Gasteiger partial charge in [0.1, 0.15) is 0 Å². The fourth-order valence-electron chi connectivity index (χ4n) is 2.59. The normalized spacial score (nSPS) is 18.1. The SMILES string of the molecule is CCCNC(N)=NCC1(Sc2ccccc2)CCCC1. The third-order valence-electron chi connectivity index (χ3n) is 3.69. The Labute approximate surface area is 126 Å². The fraction of sp³-hybridized carbons (Fsp3) is 0.562. The van der Waals surface area contributed by atoms with E-state index >= 15 is 0 Å². The lowest BCUT2D eigenvalue weighted by molar-refractivity contribution is 0.617. The standard InChI is InChI=1S/C16H25N3S/c1-2-12-18-15(17)19-13-16(10-6-7-11-16)20-14-8-4-3-5-9-14/h3-5,8-9H,2,6-7,10-13H2,1H3,(H3,17,18,19). The van der Waals surface area contributed by atoms with Crippen LogP contribution in [-0.4, -0.2) is 23.8 Å². The van der Waals surface area contributed by atoms with Gasteiger partial charge in [0.25, 0.3) is 0 Å². The smallest absolute Gasteiger partial charge is 0.188 e. The Bertz CT molecular complexity index is 425. The molecule has 0 heterocycles. The van der Waals surface area contributed by atoms with E-state index in [2.05, 4.69) is 47.6 Å². The monoisotopic (exact) mass is 291 g/mol. The van der Waals surface area contributed by atoms with Crippen molar-refractivity contribution in [2.75, 3.05) is 13.1 Å². The van der Waals surface area contributed by atoms with Gasteiger partial charge >= 0.3 is 0 Å². The number of guanidine groups is 1. The lowest BCUT2D eigenvalue weighted by Gasteiger charge is -2.26. The first-order valence-corrected chi connectivity index (χ1v) is 8.34. The average molecular weight is 291 g/mol. The maximum Gasteiger partial charge on any atom is 0.188 e. The van der Waals surface area contributed by atoms with Gasteiger partial charge in [-0.2, -0.15) is 0 Å². The molecule has 3 N–H and O–H groups in total. The minimum absolute atomic E-state index is 0.236. The molecule has 1 aliphatic carbocycles. The van der Waals surface area contributed by atoms with E-state index in [0.29, 0.717) is 5.96 Å². The highest BCUT2D eigenvalue weighted by atomic mass is 32.2. The molecule has 0 bridgehead atoms. The van der Waals surface area contributed by atoms with Crippen molar-refractivity contribution >= 4 is 17.7 Å². The van der Waals surface area contributed by atoms with Crippen LogP contribution in [-0.2, 0) is 0 Å². The van der Waals surface area contributed by atoms with Gasteiger partial charge in [-0.1, -0.05) is 38.0 Å². The van der Waals surface area contributed by atoms with Crippen LogP contribution in [0.2, 0.25) is 0 Å². The molecular weight excluding hydrogens is 266 g/mol. The molecule has 110 valence electrons. The summed E-state index contributed by atoms with van der Waals surface area (Å²) in [4.78, 5) is 5.91. The van der Waals surface area contributed by atoms with E-state index < -0.39 is 0 Å². The van der Waals surface area contributed by atoms with Crippen LogP contribution in [0.1, 0.15) is 39.0 Å². The number of hydrogen-bond donors (Lipinski definition) is 2. The van der Waals surface area contributed by atoms with Gasteiger partial charge < -0.3 is 11.1 Å². The zero-order valence-corrected chi connectivity index (χ0v) is 13.1. The Kier molecular flexibility index (Phi) is 5.77. The van der Waals surface area contributed by atoms with E-state index in [1.807, 2.05) is 11.8 Å². The van der Waals surface area contributed by atoms with E-state index in [-0.39, 0.29) is 4.75 Å². The molecule has 3 nitrogen and oxygen atoms in total. The summed E-state index contributed by atoms with van der Waals surface area (Å²) in [7, 11) is 0. The van der Waals surface area contributed by atoms with Crippen molar-refractivity contribution in [3.8, 4) is 0 Å². The van der Waals surface area contributed by atoms with E-state index in [9.17, 15) is 0 Å². The Morgan fingerprint density at radius 3 is 2.65 bits per heavy atom. The molecule has 2 rings (SSSR count). The van der Waals surface area contributed by atoms with Gasteiger partial charge in [0.05, 0.1) is 6.54 Å². The number of aliphatic imine (C=N–C) groups is 1. The van der Waals surface area contributed by atoms with Crippen LogP contribution in [0.25, 0.3) is 0 Å². The van der Waals surface area contributed by atoms with Crippen molar-refractivity contribution in [2.24, 2.45) is 10.7 Å². The van der Waals surface area contributed by atoms with E-state index in [1.54, 1.807) is 0 Å². The number of thioether (sulfide) groups is 1. The number of benzene rings is 1. The fourth-order valence-corrected chi connectivity index (χ4v) is 4.00. The van der Waals surface area contributed by atoms with Crippen molar-refractivity contribution in [2.45, 2.75) is 48.7 Å². The van der Waals surface area contributed by atoms with Gasteiger partial charge in [0, 0.05) is 16.2 Å². The molecule has 1 aliphatic rings. The van der Waals surface area contributed by atoms with Crippen molar-refractivity contribution < 1.29 is 0 Å². The van der Waals surface area contributed by atoms with Gasteiger partial charge in [-0.25, -0.2) is 0 Å². The first-order valence-electron chi connectivity index (χ1n) is 7.52. The topological polar surface area (TPSA) is 50.4 Å². The minimum Gasteiger partial charge on any atom is -0.370 e. The number of nitrogens with one attached hydrogen (secondary N) is 1. The molecule has 1 aromatic carbocycles. The summed E-state index contributed by atoms with van der Waals surface area (Å²) in [5.41, 5.74) is 5.92. The molecule has 1 fully saturated rings. The number of rotatable bonds is 6. The van der Waals surface area contributed by atoms with Gasteiger partial charge in [0.2, 0.25) is 0 Å². The maximum atomic E-state index is 5.92. The second-order valence-corrected chi connectivity index (χ2v) is 6.98. The molecule has 0 atom stereocenters. The first kappa shape index (κ1) is 15.2. The van der Waals surface area contributed by atoms with E-state index in [0.717, 1.165) is 19.5 Å². The van der Waals surface area contributed by atoms with Gasteiger partial charge in [-0.15, -0.1) is 11.8 Å². The van der Waals surface area contributed by atoms with E-state index in [1.165, 1.54) is 30.6 Å². The predicted molar refractivity (Wildman–Crippen MR) is 88.3 cm³/mol. The van der Waals surface area contributed by atoms with Crippen molar-refractivity contribution in [3.05, 3.63) is 30.3 Å². The minimum atomic E-state index is 0.236. The molecule has 0 amide bonds. The number of nitrogens with zero attached hydrogens (tertiary/aromatic N) is 1. The average Bonchev–Trinajstić information content (AvgIpc) is 2.93. The zero-order chi connectivity index (χ0) is 14.3. The molecule has 4 heteroatoms.